The van der Waals surface area contributed by atoms with Crippen LogP contribution in [0.25, 0.3) is 0 Å². The first kappa shape index (κ1) is 13.4. The first-order chi connectivity index (χ1) is 6.65. The Kier molecular flexibility index (Phi) is 6.52. The molecule has 0 aliphatic rings. The van der Waals surface area contributed by atoms with Crippen LogP contribution in [0.15, 0.2) is 4.42 Å². The maximum absolute atomic E-state index is 11.1. The zero-order valence-corrected chi connectivity index (χ0v) is 10.9. The van der Waals surface area contributed by atoms with Crippen molar-refractivity contribution in [3.8, 4) is 0 Å². The van der Waals surface area contributed by atoms with Crippen molar-refractivity contribution in [3.63, 3.8) is 0 Å². The summed E-state index contributed by atoms with van der Waals surface area (Å²) >= 11 is 1.90. The number of carbonyl (C=O) groups excluding carboxylic acids is 1. The van der Waals surface area contributed by atoms with Gasteiger partial charge in [-0.25, -0.2) is 9.78 Å². The summed E-state index contributed by atoms with van der Waals surface area (Å²) < 4.78 is 10.2. The summed E-state index contributed by atoms with van der Waals surface area (Å²) in [5.41, 5.74) is 0.567. The van der Waals surface area contributed by atoms with E-state index in [0.29, 0.717) is 16.2 Å². The summed E-state index contributed by atoms with van der Waals surface area (Å²) in [4.78, 5) is 15.1. The van der Waals surface area contributed by atoms with Gasteiger partial charge in [-0.3, -0.25) is 0 Å². The largest absolute Gasteiger partial charge is 0.460 e. The summed E-state index contributed by atoms with van der Waals surface area (Å²) in [5.74, 6) is -0.258. The topological polar surface area (TPSA) is 52.3 Å². The Labute approximate surface area is 97.2 Å². The molecule has 0 spiro atoms. The lowest BCUT2D eigenvalue weighted by Gasteiger charge is -1.96. The van der Waals surface area contributed by atoms with Gasteiger partial charge in [0.25, 0.3) is 3.90 Å². The molecular weight excluding hydrogens is 297 g/mol. The van der Waals surface area contributed by atoms with Gasteiger partial charge in [-0.2, -0.15) is 0 Å². The van der Waals surface area contributed by atoms with E-state index in [1.54, 1.807) is 13.8 Å². The van der Waals surface area contributed by atoms with Crippen LogP contribution in [0.4, 0.5) is 0 Å². The van der Waals surface area contributed by atoms with E-state index in [4.69, 9.17) is 9.15 Å². The van der Waals surface area contributed by atoms with Gasteiger partial charge in [-0.05, 0) is 13.8 Å². The molecule has 0 aromatic carbocycles. The highest BCUT2D eigenvalue weighted by atomic mass is 127. The Bertz CT molecular complexity index is 296. The number of aromatic nitrogens is 1. The van der Waals surface area contributed by atoms with Crippen LogP contribution >= 0.6 is 22.6 Å². The molecule has 14 heavy (non-hydrogen) atoms. The Morgan fingerprint density at radius 3 is 2.50 bits per heavy atom. The summed E-state index contributed by atoms with van der Waals surface area (Å²) in [7, 11) is 0. The highest BCUT2D eigenvalue weighted by molar-refractivity contribution is 14.1. The minimum Gasteiger partial charge on any atom is -0.460 e. The zero-order chi connectivity index (χ0) is 11.1. The summed E-state index contributed by atoms with van der Waals surface area (Å²) in [6.07, 6.45) is 0. The third-order valence-electron chi connectivity index (χ3n) is 1.23. The third-order valence-corrected chi connectivity index (χ3v) is 1.69. The Morgan fingerprint density at radius 2 is 2.14 bits per heavy atom. The Morgan fingerprint density at radius 1 is 1.57 bits per heavy atom. The molecule has 0 saturated carbocycles. The molecular formula is C9H14INO3. The fourth-order valence-electron chi connectivity index (χ4n) is 0.750. The van der Waals surface area contributed by atoms with E-state index in [9.17, 15) is 4.79 Å². The molecule has 1 aromatic rings. The molecule has 1 heterocycles. The molecule has 0 saturated heterocycles. The predicted octanol–water partition coefficient (Wildman–Crippen LogP) is 2.79. The number of hydrogen-bond acceptors (Lipinski definition) is 4. The van der Waals surface area contributed by atoms with Gasteiger partial charge in [0, 0.05) is 22.6 Å². The highest BCUT2D eigenvalue weighted by Gasteiger charge is 2.16. The number of rotatable bonds is 2. The summed E-state index contributed by atoms with van der Waals surface area (Å²) in [5, 5.41) is 0. The molecule has 0 unspecified atom stereocenters. The molecule has 0 fully saturated rings. The fraction of sp³-hybridized carbons (Fsp3) is 0.556. The molecule has 0 atom stereocenters. The van der Waals surface area contributed by atoms with Gasteiger partial charge in [0.05, 0.1) is 12.3 Å². The van der Waals surface area contributed by atoms with Crippen molar-refractivity contribution in [2.24, 2.45) is 0 Å². The number of oxazole rings is 1. The fourth-order valence-corrected chi connectivity index (χ4v) is 1.33. The number of hydrogen-bond donors (Lipinski definition) is 0. The maximum Gasteiger partial charge on any atom is 0.376 e. The van der Waals surface area contributed by atoms with E-state index >= 15 is 0 Å². The Balaban J connectivity index is 0.000000791. The van der Waals surface area contributed by atoms with Crippen molar-refractivity contribution in [3.05, 3.63) is 15.4 Å². The molecule has 0 bridgehead atoms. The van der Waals surface area contributed by atoms with E-state index in [1.807, 2.05) is 36.4 Å². The molecule has 0 aliphatic heterocycles. The van der Waals surface area contributed by atoms with Crippen LogP contribution in [0.2, 0.25) is 0 Å². The molecule has 80 valence electrons. The van der Waals surface area contributed by atoms with Crippen LogP contribution in [-0.4, -0.2) is 17.6 Å². The van der Waals surface area contributed by atoms with Gasteiger partial charge in [0.1, 0.15) is 0 Å². The first-order valence-electron chi connectivity index (χ1n) is 4.45. The second-order valence-corrected chi connectivity index (χ2v) is 3.02. The molecule has 0 radical (unpaired) electrons. The van der Waals surface area contributed by atoms with E-state index in [1.165, 1.54) is 0 Å². The third kappa shape index (κ3) is 3.65. The van der Waals surface area contributed by atoms with Gasteiger partial charge in [-0.15, -0.1) is 0 Å². The van der Waals surface area contributed by atoms with Crippen LogP contribution in [-0.2, 0) is 4.74 Å². The number of nitrogens with zero attached hydrogens (tertiary/aromatic N) is 1. The minimum absolute atomic E-state index is 0.196. The molecule has 4 nitrogen and oxygen atoms in total. The zero-order valence-electron chi connectivity index (χ0n) is 8.76. The molecule has 1 aromatic heterocycles. The second kappa shape index (κ2) is 6.80. The number of halogens is 1. The summed E-state index contributed by atoms with van der Waals surface area (Å²) in [6.45, 7) is 7.79. The maximum atomic E-state index is 11.1. The van der Waals surface area contributed by atoms with Crippen molar-refractivity contribution in [2.45, 2.75) is 27.7 Å². The number of aryl methyl sites for hydroxylation is 1. The van der Waals surface area contributed by atoms with Gasteiger partial charge < -0.3 is 9.15 Å². The molecule has 0 amide bonds. The molecule has 5 heteroatoms. The van der Waals surface area contributed by atoms with Gasteiger partial charge in [-0.1, -0.05) is 13.8 Å². The standard InChI is InChI=1S/C7H8INO3.C2H6/c1-3-11-6(10)5-4(2)9-7(8)12-5;1-2/h3H2,1-2H3;1-2H3. The van der Waals surface area contributed by atoms with Crippen LogP contribution in [0.3, 0.4) is 0 Å². The van der Waals surface area contributed by atoms with E-state index < -0.39 is 5.97 Å². The van der Waals surface area contributed by atoms with E-state index in [0.717, 1.165) is 0 Å². The number of ether oxygens (including phenoxy) is 1. The van der Waals surface area contributed by atoms with Crippen molar-refractivity contribution >= 4 is 28.6 Å². The quantitative estimate of drug-likeness (QED) is 0.622. The lowest BCUT2D eigenvalue weighted by molar-refractivity contribution is 0.0487. The summed E-state index contributed by atoms with van der Waals surface area (Å²) in [6, 6.07) is 0. The van der Waals surface area contributed by atoms with Crippen LogP contribution in [0, 0.1) is 10.8 Å². The average molecular weight is 311 g/mol. The normalized spacial score (nSPS) is 8.93. The van der Waals surface area contributed by atoms with E-state index in [2.05, 4.69) is 4.98 Å². The van der Waals surface area contributed by atoms with Gasteiger partial charge >= 0.3 is 5.97 Å². The smallest absolute Gasteiger partial charge is 0.376 e. The van der Waals surface area contributed by atoms with Crippen molar-refractivity contribution in [2.75, 3.05) is 6.61 Å². The van der Waals surface area contributed by atoms with Crippen molar-refractivity contribution in [1.82, 2.24) is 4.98 Å². The van der Waals surface area contributed by atoms with E-state index in [-0.39, 0.29) is 5.76 Å². The first-order valence-corrected chi connectivity index (χ1v) is 5.53. The van der Waals surface area contributed by atoms with Crippen molar-refractivity contribution < 1.29 is 13.9 Å². The minimum atomic E-state index is -0.453. The van der Waals surface area contributed by atoms with Crippen LogP contribution in [0.1, 0.15) is 37.0 Å². The lowest BCUT2D eigenvalue weighted by Crippen LogP contribution is -2.04. The predicted molar refractivity (Wildman–Crippen MR) is 61.3 cm³/mol. The Hall–Kier alpha value is -0.590. The number of esters is 1. The average Bonchev–Trinajstić information content (AvgIpc) is 2.49. The molecule has 0 N–H and O–H groups in total. The SMILES string of the molecule is CC.CCOC(=O)c1oc(I)nc1C. The van der Waals surface area contributed by atoms with Crippen LogP contribution < -0.4 is 0 Å². The molecule has 1 rings (SSSR count). The number of carbonyl (C=O) groups is 1. The molecule has 0 aliphatic carbocycles. The monoisotopic (exact) mass is 311 g/mol. The lowest BCUT2D eigenvalue weighted by atomic mass is 10.4. The van der Waals surface area contributed by atoms with Gasteiger partial charge in [0.15, 0.2) is 0 Å². The highest BCUT2D eigenvalue weighted by Crippen LogP contribution is 2.12. The second-order valence-electron chi connectivity index (χ2n) is 2.10. The van der Waals surface area contributed by atoms with Crippen LogP contribution in [0.5, 0.6) is 0 Å². The van der Waals surface area contributed by atoms with Gasteiger partial charge in [0.2, 0.25) is 5.76 Å². The van der Waals surface area contributed by atoms with Crippen molar-refractivity contribution in [1.29, 1.82) is 0 Å².